The van der Waals surface area contributed by atoms with Crippen LogP contribution in [0.4, 0.5) is 0 Å². The molecule has 0 radical (unpaired) electrons. The molecule has 1 amide bonds. The summed E-state index contributed by atoms with van der Waals surface area (Å²) in [5.41, 5.74) is 10.9. The molecule has 0 saturated carbocycles. The van der Waals surface area contributed by atoms with Gasteiger partial charge in [0.2, 0.25) is 5.91 Å². The van der Waals surface area contributed by atoms with E-state index in [4.69, 9.17) is 11.5 Å². The number of nitrogens with one attached hydrogen (secondary N) is 1. The average Bonchev–Trinajstić information content (AvgIpc) is 2.05. The Morgan fingerprint density at radius 3 is 2.69 bits per heavy atom. The summed E-state index contributed by atoms with van der Waals surface area (Å²) in [6.45, 7) is 2.41. The highest BCUT2D eigenvalue weighted by Crippen LogP contribution is 1.96. The molecule has 0 fully saturated rings. The molecule has 78 valence electrons. The van der Waals surface area contributed by atoms with Crippen LogP contribution in [0, 0.1) is 0 Å². The predicted octanol–water partition coefficient (Wildman–Crippen LogP) is -0.470. The zero-order chi connectivity index (χ0) is 10.3. The lowest BCUT2D eigenvalue weighted by Gasteiger charge is -2.16. The van der Waals surface area contributed by atoms with E-state index in [2.05, 4.69) is 5.32 Å². The SMILES string of the molecule is CSCC(C)NC(=O)C(N)CCN. The van der Waals surface area contributed by atoms with Crippen LogP contribution < -0.4 is 16.8 Å². The first kappa shape index (κ1) is 12.7. The first-order chi connectivity index (χ1) is 6.11. The van der Waals surface area contributed by atoms with E-state index in [1.54, 1.807) is 11.8 Å². The molecule has 0 aliphatic heterocycles. The minimum atomic E-state index is -0.464. The van der Waals surface area contributed by atoms with Gasteiger partial charge in [-0.15, -0.1) is 0 Å². The molecule has 13 heavy (non-hydrogen) atoms. The standard InChI is InChI=1S/C8H19N3OS/c1-6(5-13-2)11-8(12)7(10)3-4-9/h6-7H,3-5,9-10H2,1-2H3,(H,11,12). The highest BCUT2D eigenvalue weighted by Gasteiger charge is 2.13. The fourth-order valence-corrected chi connectivity index (χ4v) is 1.54. The van der Waals surface area contributed by atoms with Crippen LogP contribution in [0.5, 0.6) is 0 Å². The summed E-state index contributed by atoms with van der Waals surface area (Å²) >= 11 is 1.70. The van der Waals surface area contributed by atoms with Gasteiger partial charge in [-0.3, -0.25) is 4.79 Å². The van der Waals surface area contributed by atoms with Crippen LogP contribution in [-0.4, -0.2) is 36.5 Å². The Hall–Kier alpha value is -0.260. The Morgan fingerprint density at radius 2 is 2.23 bits per heavy atom. The van der Waals surface area contributed by atoms with Crippen molar-refractivity contribution in [3.63, 3.8) is 0 Å². The normalized spacial score (nSPS) is 15.1. The number of thioether (sulfide) groups is 1. The molecule has 4 nitrogen and oxygen atoms in total. The van der Waals surface area contributed by atoms with Gasteiger partial charge in [0.25, 0.3) is 0 Å². The third-order valence-corrected chi connectivity index (χ3v) is 2.45. The minimum absolute atomic E-state index is 0.105. The largest absolute Gasteiger partial charge is 0.351 e. The van der Waals surface area contributed by atoms with Crippen LogP contribution in [0.25, 0.3) is 0 Å². The van der Waals surface area contributed by atoms with Crippen LogP contribution in [0.3, 0.4) is 0 Å². The van der Waals surface area contributed by atoms with Crippen molar-refractivity contribution in [2.45, 2.75) is 25.4 Å². The van der Waals surface area contributed by atoms with E-state index in [0.717, 1.165) is 5.75 Å². The van der Waals surface area contributed by atoms with Crippen LogP contribution in [0.2, 0.25) is 0 Å². The molecule has 0 aliphatic rings. The van der Waals surface area contributed by atoms with Gasteiger partial charge >= 0.3 is 0 Å². The molecule has 0 spiro atoms. The van der Waals surface area contributed by atoms with Gasteiger partial charge in [-0.1, -0.05) is 0 Å². The lowest BCUT2D eigenvalue weighted by atomic mass is 10.2. The van der Waals surface area contributed by atoms with Crippen molar-refractivity contribution in [2.24, 2.45) is 11.5 Å². The molecule has 0 aromatic rings. The second kappa shape index (κ2) is 7.17. The topological polar surface area (TPSA) is 81.1 Å². The van der Waals surface area contributed by atoms with Crippen LogP contribution in [0.15, 0.2) is 0 Å². The molecular weight excluding hydrogens is 186 g/mol. The van der Waals surface area contributed by atoms with Gasteiger partial charge in [0.05, 0.1) is 6.04 Å². The first-order valence-corrected chi connectivity index (χ1v) is 5.76. The fourth-order valence-electron chi connectivity index (χ4n) is 0.952. The third-order valence-electron chi connectivity index (χ3n) is 1.62. The maximum atomic E-state index is 11.3. The fraction of sp³-hybridized carbons (Fsp3) is 0.875. The van der Waals surface area contributed by atoms with Gasteiger partial charge < -0.3 is 16.8 Å². The highest BCUT2D eigenvalue weighted by atomic mass is 32.2. The van der Waals surface area contributed by atoms with E-state index in [9.17, 15) is 4.79 Å². The van der Waals surface area contributed by atoms with Crippen LogP contribution in [-0.2, 0) is 4.79 Å². The number of amides is 1. The average molecular weight is 205 g/mol. The predicted molar refractivity (Wildman–Crippen MR) is 57.6 cm³/mol. The minimum Gasteiger partial charge on any atom is -0.351 e. The molecule has 5 N–H and O–H groups in total. The number of carbonyl (C=O) groups is 1. The zero-order valence-corrected chi connectivity index (χ0v) is 9.06. The zero-order valence-electron chi connectivity index (χ0n) is 8.25. The van der Waals surface area contributed by atoms with Crippen LogP contribution >= 0.6 is 11.8 Å². The third kappa shape index (κ3) is 5.90. The molecule has 0 bridgehead atoms. The Bertz CT molecular complexity index is 154. The first-order valence-electron chi connectivity index (χ1n) is 4.36. The van der Waals surface area contributed by atoms with Crippen molar-refractivity contribution in [1.82, 2.24) is 5.32 Å². The monoisotopic (exact) mass is 205 g/mol. The van der Waals surface area contributed by atoms with Gasteiger partial charge in [-0.2, -0.15) is 11.8 Å². The Labute approximate surface area is 83.8 Å². The molecule has 2 atom stereocenters. The molecule has 0 aromatic heterocycles. The molecule has 0 aromatic carbocycles. The highest BCUT2D eigenvalue weighted by molar-refractivity contribution is 7.98. The molecule has 0 heterocycles. The quantitative estimate of drug-likeness (QED) is 0.547. The lowest BCUT2D eigenvalue weighted by molar-refractivity contribution is -0.122. The summed E-state index contributed by atoms with van der Waals surface area (Å²) in [6.07, 6.45) is 2.54. The van der Waals surface area contributed by atoms with E-state index in [1.807, 2.05) is 13.2 Å². The smallest absolute Gasteiger partial charge is 0.237 e. The van der Waals surface area contributed by atoms with Crippen molar-refractivity contribution < 1.29 is 4.79 Å². The van der Waals surface area contributed by atoms with Crippen molar-refractivity contribution in [2.75, 3.05) is 18.6 Å². The van der Waals surface area contributed by atoms with Gasteiger partial charge in [0.1, 0.15) is 0 Å². The Balaban J connectivity index is 3.71. The van der Waals surface area contributed by atoms with Crippen molar-refractivity contribution in [3.8, 4) is 0 Å². The van der Waals surface area contributed by atoms with Crippen LogP contribution in [0.1, 0.15) is 13.3 Å². The molecule has 0 saturated heterocycles. The summed E-state index contributed by atoms with van der Waals surface area (Å²) in [5, 5.41) is 2.83. The summed E-state index contributed by atoms with van der Waals surface area (Å²) in [5.74, 6) is 0.799. The number of carbonyl (C=O) groups excluding carboxylic acids is 1. The summed E-state index contributed by atoms with van der Waals surface area (Å²) in [7, 11) is 0. The van der Waals surface area contributed by atoms with E-state index in [-0.39, 0.29) is 11.9 Å². The summed E-state index contributed by atoms with van der Waals surface area (Å²) < 4.78 is 0. The maximum absolute atomic E-state index is 11.3. The lowest BCUT2D eigenvalue weighted by Crippen LogP contribution is -2.46. The van der Waals surface area contributed by atoms with E-state index >= 15 is 0 Å². The Kier molecular flexibility index (Phi) is 7.03. The van der Waals surface area contributed by atoms with E-state index in [0.29, 0.717) is 13.0 Å². The number of hydrogen-bond acceptors (Lipinski definition) is 4. The maximum Gasteiger partial charge on any atom is 0.237 e. The number of hydrogen-bond donors (Lipinski definition) is 3. The summed E-state index contributed by atoms with van der Waals surface area (Å²) in [4.78, 5) is 11.3. The Morgan fingerprint density at radius 1 is 1.62 bits per heavy atom. The number of rotatable bonds is 6. The van der Waals surface area contributed by atoms with Gasteiger partial charge in [0.15, 0.2) is 0 Å². The second-order valence-corrected chi connectivity index (χ2v) is 3.96. The molecule has 5 heteroatoms. The van der Waals surface area contributed by atoms with Gasteiger partial charge in [-0.05, 0) is 26.1 Å². The second-order valence-electron chi connectivity index (χ2n) is 3.05. The summed E-state index contributed by atoms with van der Waals surface area (Å²) in [6, 6.07) is -0.291. The number of nitrogens with two attached hydrogens (primary N) is 2. The molecular formula is C8H19N3OS. The molecule has 2 unspecified atom stereocenters. The van der Waals surface area contributed by atoms with E-state index < -0.39 is 6.04 Å². The van der Waals surface area contributed by atoms with Crippen molar-refractivity contribution in [1.29, 1.82) is 0 Å². The molecule has 0 rings (SSSR count). The van der Waals surface area contributed by atoms with Gasteiger partial charge in [-0.25, -0.2) is 0 Å². The van der Waals surface area contributed by atoms with E-state index in [1.165, 1.54) is 0 Å². The van der Waals surface area contributed by atoms with Crippen molar-refractivity contribution >= 4 is 17.7 Å². The van der Waals surface area contributed by atoms with Gasteiger partial charge in [0, 0.05) is 11.8 Å². The molecule has 0 aliphatic carbocycles. The van der Waals surface area contributed by atoms with Crippen molar-refractivity contribution in [3.05, 3.63) is 0 Å².